The van der Waals surface area contributed by atoms with Gasteiger partial charge < -0.3 is 10.2 Å². The number of nitrogens with one attached hydrogen (secondary N) is 1. The highest BCUT2D eigenvalue weighted by Crippen LogP contribution is 2.26. The van der Waals surface area contributed by atoms with Gasteiger partial charge in [0.1, 0.15) is 12.4 Å². The van der Waals surface area contributed by atoms with E-state index in [-0.39, 0.29) is 12.2 Å². The first-order chi connectivity index (χ1) is 14.3. The first-order valence-electron chi connectivity index (χ1n) is 10.1. The Morgan fingerprint density at radius 2 is 2.00 bits per heavy atom. The third kappa shape index (κ3) is 3.92. The summed E-state index contributed by atoms with van der Waals surface area (Å²) < 4.78 is 16.5. The van der Waals surface area contributed by atoms with Gasteiger partial charge in [-0.15, -0.1) is 5.10 Å². The largest absolute Gasteiger partial charge is 0.353 e. The third-order valence-corrected chi connectivity index (χ3v) is 5.34. The van der Waals surface area contributed by atoms with Crippen LogP contribution in [-0.4, -0.2) is 38.2 Å². The molecule has 0 spiro atoms. The molecule has 1 N–H and O–H groups in total. The van der Waals surface area contributed by atoms with Crippen LogP contribution in [-0.2, 0) is 11.3 Å². The normalized spacial score (nSPS) is 19.3. The number of amides is 1. The number of piperidine rings is 1. The molecular formula is C21H25FN6O2. The summed E-state index contributed by atoms with van der Waals surface area (Å²) in [5, 5.41) is 6.86. The van der Waals surface area contributed by atoms with E-state index in [1.165, 1.54) is 16.5 Å². The molecule has 3 aromatic rings. The van der Waals surface area contributed by atoms with Crippen molar-refractivity contribution in [1.82, 2.24) is 19.2 Å². The molecule has 2 aromatic heterocycles. The second-order valence-corrected chi connectivity index (χ2v) is 8.27. The van der Waals surface area contributed by atoms with Crippen LogP contribution in [0.15, 0.2) is 35.4 Å². The third-order valence-electron chi connectivity index (χ3n) is 5.34. The minimum Gasteiger partial charge on any atom is -0.353 e. The van der Waals surface area contributed by atoms with Gasteiger partial charge in [0.05, 0.1) is 5.69 Å². The summed E-state index contributed by atoms with van der Waals surface area (Å²) in [6.07, 6.45) is 4.26. The highest BCUT2D eigenvalue weighted by atomic mass is 19.1. The van der Waals surface area contributed by atoms with Crippen LogP contribution in [0.25, 0.3) is 5.65 Å². The van der Waals surface area contributed by atoms with Crippen LogP contribution in [0.3, 0.4) is 0 Å². The molecule has 1 amide bonds. The highest BCUT2D eigenvalue weighted by molar-refractivity contribution is 5.90. The van der Waals surface area contributed by atoms with Gasteiger partial charge in [-0.05, 0) is 42.9 Å². The Morgan fingerprint density at radius 1 is 1.27 bits per heavy atom. The fraction of sp³-hybridized carbons (Fsp3) is 0.429. The molecule has 2 atom stereocenters. The molecule has 1 aromatic carbocycles. The molecule has 1 fully saturated rings. The van der Waals surface area contributed by atoms with Crippen molar-refractivity contribution >= 4 is 23.1 Å². The van der Waals surface area contributed by atoms with Crippen LogP contribution >= 0.6 is 0 Å². The van der Waals surface area contributed by atoms with E-state index in [1.54, 1.807) is 25.4 Å². The Balaban J connectivity index is 1.60. The number of carbonyl (C=O) groups excluding carboxylic acids is 1. The number of nitrogens with zero attached hydrogens (tertiary/aromatic N) is 5. The molecule has 0 saturated carbocycles. The predicted octanol–water partition coefficient (Wildman–Crippen LogP) is 2.46. The number of halogens is 1. The van der Waals surface area contributed by atoms with Gasteiger partial charge >= 0.3 is 5.69 Å². The fourth-order valence-electron chi connectivity index (χ4n) is 4.14. The van der Waals surface area contributed by atoms with E-state index < -0.39 is 17.4 Å². The summed E-state index contributed by atoms with van der Waals surface area (Å²) >= 11 is 0. The molecule has 8 nitrogen and oxygen atoms in total. The number of carbonyl (C=O) groups is 1. The smallest absolute Gasteiger partial charge is 0.350 e. The maximum atomic E-state index is 14.0. The van der Waals surface area contributed by atoms with Crippen molar-refractivity contribution in [2.45, 2.75) is 33.7 Å². The van der Waals surface area contributed by atoms with Crippen LogP contribution in [0.5, 0.6) is 0 Å². The van der Waals surface area contributed by atoms with Gasteiger partial charge in [-0.25, -0.2) is 23.3 Å². The van der Waals surface area contributed by atoms with E-state index in [4.69, 9.17) is 0 Å². The second-order valence-electron chi connectivity index (χ2n) is 8.27. The van der Waals surface area contributed by atoms with Gasteiger partial charge in [0.15, 0.2) is 5.82 Å². The van der Waals surface area contributed by atoms with Crippen LogP contribution in [0.1, 0.15) is 25.8 Å². The zero-order chi connectivity index (χ0) is 21.4. The summed E-state index contributed by atoms with van der Waals surface area (Å²) in [5.41, 5.74) is 0.800. The molecule has 0 unspecified atom stereocenters. The molecule has 3 heterocycles. The maximum Gasteiger partial charge on any atom is 0.350 e. The summed E-state index contributed by atoms with van der Waals surface area (Å²) in [4.78, 5) is 31.8. The Hall–Kier alpha value is -3.23. The van der Waals surface area contributed by atoms with Crippen LogP contribution in [0, 0.1) is 24.6 Å². The lowest BCUT2D eigenvalue weighted by Crippen LogP contribution is -2.39. The van der Waals surface area contributed by atoms with Crippen molar-refractivity contribution in [3.8, 4) is 0 Å². The number of anilines is 2. The number of hydrogen-bond acceptors (Lipinski definition) is 5. The van der Waals surface area contributed by atoms with Crippen molar-refractivity contribution in [2.24, 2.45) is 11.8 Å². The number of benzene rings is 1. The average Bonchev–Trinajstić information content (AvgIpc) is 2.99. The molecule has 0 aliphatic carbocycles. The summed E-state index contributed by atoms with van der Waals surface area (Å²) in [5.74, 6) is 0.611. The van der Waals surface area contributed by atoms with Crippen LogP contribution in [0.4, 0.5) is 15.9 Å². The number of aromatic nitrogens is 4. The van der Waals surface area contributed by atoms with Crippen molar-refractivity contribution in [1.29, 1.82) is 0 Å². The van der Waals surface area contributed by atoms with E-state index in [0.717, 1.165) is 29.8 Å². The van der Waals surface area contributed by atoms with Gasteiger partial charge in [0.2, 0.25) is 11.6 Å². The molecule has 158 valence electrons. The quantitative estimate of drug-likeness (QED) is 0.712. The lowest BCUT2D eigenvalue weighted by molar-refractivity contribution is -0.117. The lowest BCUT2D eigenvalue weighted by Gasteiger charge is -2.35. The minimum absolute atomic E-state index is 0.0704. The molecule has 1 aliphatic rings. The number of rotatable bonds is 4. The molecule has 1 saturated heterocycles. The Morgan fingerprint density at radius 3 is 2.70 bits per heavy atom. The van der Waals surface area contributed by atoms with E-state index in [0.29, 0.717) is 23.3 Å². The van der Waals surface area contributed by atoms with Gasteiger partial charge in [-0.3, -0.25) is 4.79 Å². The van der Waals surface area contributed by atoms with Gasteiger partial charge in [0.25, 0.3) is 0 Å². The lowest BCUT2D eigenvalue weighted by atomic mass is 9.92. The van der Waals surface area contributed by atoms with E-state index >= 15 is 0 Å². The average molecular weight is 412 g/mol. The van der Waals surface area contributed by atoms with Crippen molar-refractivity contribution < 1.29 is 9.18 Å². The van der Waals surface area contributed by atoms with Gasteiger partial charge in [0, 0.05) is 25.5 Å². The molecule has 0 radical (unpaired) electrons. The van der Waals surface area contributed by atoms with Gasteiger partial charge in [-0.2, -0.15) is 0 Å². The first-order valence-corrected chi connectivity index (χ1v) is 10.1. The standard InChI is InChI=1S/C21H25FN6O2/c1-13-4-5-17(16(22)9-13)24-18(29)12-28-21(30)27-7-6-23-19(20(27)25-28)26-10-14(2)8-15(3)11-26/h4-7,9,14-15H,8,10-12H2,1-3H3,(H,24,29)/t14-,15-/m0/s1. The molecule has 4 rings (SSSR count). The van der Waals surface area contributed by atoms with E-state index in [2.05, 4.69) is 34.1 Å². The molecule has 0 bridgehead atoms. The van der Waals surface area contributed by atoms with Crippen LogP contribution < -0.4 is 15.9 Å². The minimum atomic E-state index is -0.530. The molecule has 30 heavy (non-hydrogen) atoms. The maximum absolute atomic E-state index is 14.0. The van der Waals surface area contributed by atoms with Crippen molar-refractivity contribution in [3.05, 3.63) is 52.5 Å². The second kappa shape index (κ2) is 7.89. The number of aryl methyl sites for hydroxylation is 1. The summed E-state index contributed by atoms with van der Waals surface area (Å²) in [6, 6.07) is 4.54. The predicted molar refractivity (Wildman–Crippen MR) is 112 cm³/mol. The summed E-state index contributed by atoms with van der Waals surface area (Å²) in [7, 11) is 0. The Labute approximate surface area is 173 Å². The van der Waals surface area contributed by atoms with Crippen LogP contribution in [0.2, 0.25) is 0 Å². The number of hydrogen-bond donors (Lipinski definition) is 1. The van der Waals surface area contributed by atoms with Gasteiger partial charge in [-0.1, -0.05) is 19.9 Å². The van der Waals surface area contributed by atoms with Crippen molar-refractivity contribution in [3.63, 3.8) is 0 Å². The van der Waals surface area contributed by atoms with E-state index in [9.17, 15) is 14.0 Å². The highest BCUT2D eigenvalue weighted by Gasteiger charge is 2.26. The zero-order valence-corrected chi connectivity index (χ0v) is 17.3. The Kier molecular flexibility index (Phi) is 5.27. The monoisotopic (exact) mass is 412 g/mol. The molecule has 1 aliphatic heterocycles. The van der Waals surface area contributed by atoms with Crippen molar-refractivity contribution in [2.75, 3.05) is 23.3 Å². The van der Waals surface area contributed by atoms with E-state index in [1.807, 2.05) is 0 Å². The molecular weight excluding hydrogens is 387 g/mol. The Bertz CT molecular complexity index is 1140. The summed E-state index contributed by atoms with van der Waals surface area (Å²) in [6.45, 7) is 7.52. The fourth-order valence-corrected chi connectivity index (χ4v) is 4.14. The first kappa shape index (κ1) is 20.1. The number of fused-ring (bicyclic) bond motifs is 1. The molecule has 9 heteroatoms. The SMILES string of the molecule is Cc1ccc(NC(=O)Cn2nc3c(N4C[C@@H](C)C[C@H](C)C4)nccn3c2=O)c(F)c1. The zero-order valence-electron chi connectivity index (χ0n) is 17.3. The topological polar surface area (TPSA) is 84.5 Å².